The Morgan fingerprint density at radius 2 is 2.04 bits per heavy atom. The molecule has 0 radical (unpaired) electrons. The number of nitrogens with one attached hydrogen (secondary N) is 1. The second-order valence-corrected chi connectivity index (χ2v) is 5.53. The summed E-state index contributed by atoms with van der Waals surface area (Å²) in [6.45, 7) is 0.987. The number of carboxylic acid groups (broad SMARTS) is 1. The van der Waals surface area contributed by atoms with Crippen molar-refractivity contribution in [1.82, 2.24) is 15.3 Å². The number of aliphatic carboxylic acids is 1. The number of nitrogens with zero attached hydrogens (tertiary/aromatic N) is 2. The number of carbonyl (C=O) groups is 2. The quantitative estimate of drug-likeness (QED) is 0.880. The van der Waals surface area contributed by atoms with Crippen LogP contribution in [0.5, 0.6) is 0 Å². The Labute approximate surface area is 132 Å². The average molecular weight is 315 g/mol. The molecule has 23 heavy (non-hydrogen) atoms. The smallest absolute Gasteiger partial charge is 0.326 e. The number of carboxylic acids is 1. The summed E-state index contributed by atoms with van der Waals surface area (Å²) in [5.41, 5.74) is 1.63. The number of hydrogen-bond acceptors (Lipinski definition) is 5. The minimum atomic E-state index is -1.05. The number of hydrogen-bond donors (Lipinski definition) is 2. The fourth-order valence-corrected chi connectivity index (χ4v) is 2.74. The summed E-state index contributed by atoms with van der Waals surface area (Å²) in [4.78, 5) is 32.2. The molecule has 2 heterocycles. The van der Waals surface area contributed by atoms with Crippen LogP contribution in [-0.2, 0) is 9.53 Å². The summed E-state index contributed by atoms with van der Waals surface area (Å²) >= 11 is 0. The monoisotopic (exact) mass is 315 g/mol. The zero-order chi connectivity index (χ0) is 16.2. The molecule has 0 spiro atoms. The lowest BCUT2D eigenvalue weighted by molar-refractivity contribution is -0.142. The van der Waals surface area contributed by atoms with E-state index in [0.717, 1.165) is 12.8 Å². The largest absolute Gasteiger partial charge is 0.480 e. The third kappa shape index (κ3) is 3.45. The lowest BCUT2D eigenvalue weighted by Gasteiger charge is -2.28. The number of amides is 1. The van der Waals surface area contributed by atoms with Crippen LogP contribution >= 0.6 is 0 Å². The summed E-state index contributed by atoms with van der Waals surface area (Å²) in [6, 6.07) is 3.95. The van der Waals surface area contributed by atoms with Crippen molar-refractivity contribution in [3.8, 4) is 0 Å². The molecular formula is C16H17N3O4. The maximum Gasteiger partial charge on any atom is 0.326 e. The summed E-state index contributed by atoms with van der Waals surface area (Å²) in [5.74, 6) is -1.70. The molecule has 1 aromatic carbocycles. The van der Waals surface area contributed by atoms with Gasteiger partial charge in [-0.15, -0.1) is 0 Å². The molecule has 3 rings (SSSR count). The van der Waals surface area contributed by atoms with Crippen LogP contribution in [0.2, 0.25) is 0 Å². The molecule has 2 atom stereocenters. The van der Waals surface area contributed by atoms with E-state index in [1.54, 1.807) is 30.6 Å². The van der Waals surface area contributed by atoms with Crippen molar-refractivity contribution in [2.24, 2.45) is 5.92 Å². The highest BCUT2D eigenvalue weighted by atomic mass is 16.5. The number of carbonyl (C=O) groups excluding carboxylic acids is 1. The molecule has 1 saturated heterocycles. The second-order valence-electron chi connectivity index (χ2n) is 5.53. The summed E-state index contributed by atoms with van der Waals surface area (Å²) in [6.07, 6.45) is 4.64. The van der Waals surface area contributed by atoms with Gasteiger partial charge in [0.2, 0.25) is 0 Å². The Kier molecular flexibility index (Phi) is 4.47. The Hall–Kier alpha value is -2.54. The van der Waals surface area contributed by atoms with E-state index in [9.17, 15) is 14.7 Å². The lowest BCUT2D eigenvalue weighted by atomic mass is 9.93. The van der Waals surface area contributed by atoms with Gasteiger partial charge in [-0.2, -0.15) is 0 Å². The molecule has 0 aliphatic carbocycles. The number of fused-ring (bicyclic) bond motifs is 1. The zero-order valence-electron chi connectivity index (χ0n) is 12.4. The fourth-order valence-electron chi connectivity index (χ4n) is 2.74. The van der Waals surface area contributed by atoms with E-state index in [2.05, 4.69) is 15.3 Å². The van der Waals surface area contributed by atoms with Crippen LogP contribution in [0.3, 0.4) is 0 Å². The highest BCUT2D eigenvalue weighted by Gasteiger charge is 2.31. The van der Waals surface area contributed by atoms with Crippen LogP contribution < -0.4 is 5.32 Å². The average Bonchev–Trinajstić information content (AvgIpc) is 2.59. The highest BCUT2D eigenvalue weighted by Crippen LogP contribution is 2.19. The maximum atomic E-state index is 12.4. The van der Waals surface area contributed by atoms with Crippen LogP contribution in [0.25, 0.3) is 11.0 Å². The van der Waals surface area contributed by atoms with Gasteiger partial charge >= 0.3 is 5.97 Å². The van der Waals surface area contributed by atoms with Crippen molar-refractivity contribution in [3.05, 3.63) is 36.2 Å². The van der Waals surface area contributed by atoms with E-state index in [1.807, 2.05) is 0 Å². The molecule has 2 unspecified atom stereocenters. The normalized spacial score (nSPS) is 19.2. The second kappa shape index (κ2) is 6.70. The molecule has 120 valence electrons. The van der Waals surface area contributed by atoms with Crippen molar-refractivity contribution in [1.29, 1.82) is 0 Å². The van der Waals surface area contributed by atoms with Gasteiger partial charge in [0.1, 0.15) is 6.04 Å². The Morgan fingerprint density at radius 1 is 1.26 bits per heavy atom. The van der Waals surface area contributed by atoms with Gasteiger partial charge in [-0.05, 0) is 31.0 Å². The van der Waals surface area contributed by atoms with Crippen molar-refractivity contribution in [2.75, 3.05) is 13.2 Å². The minimum absolute atomic E-state index is 0.217. The highest BCUT2D eigenvalue weighted by molar-refractivity contribution is 5.99. The topological polar surface area (TPSA) is 101 Å². The number of aromatic nitrogens is 2. The molecule has 2 N–H and O–H groups in total. The first-order chi connectivity index (χ1) is 11.1. The van der Waals surface area contributed by atoms with Gasteiger partial charge in [0, 0.05) is 30.5 Å². The molecule has 1 amide bonds. The van der Waals surface area contributed by atoms with E-state index >= 15 is 0 Å². The first kappa shape index (κ1) is 15.4. The Morgan fingerprint density at radius 3 is 2.74 bits per heavy atom. The van der Waals surface area contributed by atoms with E-state index < -0.39 is 17.9 Å². The molecule has 1 aliphatic heterocycles. The first-order valence-corrected chi connectivity index (χ1v) is 7.47. The van der Waals surface area contributed by atoms with E-state index in [-0.39, 0.29) is 5.92 Å². The predicted octanol–water partition coefficient (Wildman–Crippen LogP) is 1.24. The van der Waals surface area contributed by atoms with Crippen LogP contribution in [0.1, 0.15) is 23.2 Å². The third-order valence-corrected chi connectivity index (χ3v) is 3.95. The zero-order valence-corrected chi connectivity index (χ0v) is 12.4. The lowest BCUT2D eigenvalue weighted by Crippen LogP contribution is -2.48. The van der Waals surface area contributed by atoms with Crippen LogP contribution in [0, 0.1) is 5.92 Å². The summed E-state index contributed by atoms with van der Waals surface area (Å²) < 4.78 is 5.33. The van der Waals surface area contributed by atoms with Crippen molar-refractivity contribution < 1.29 is 19.4 Å². The van der Waals surface area contributed by atoms with Gasteiger partial charge in [-0.25, -0.2) is 4.79 Å². The van der Waals surface area contributed by atoms with Gasteiger partial charge < -0.3 is 15.2 Å². The van der Waals surface area contributed by atoms with Crippen molar-refractivity contribution >= 4 is 22.9 Å². The molecule has 7 heteroatoms. The van der Waals surface area contributed by atoms with Gasteiger partial charge in [-0.1, -0.05) is 0 Å². The standard InChI is InChI=1S/C16H17N3O4/c20-15(10-3-4-12-13(8-10)18-6-5-17-12)19-14(16(21)22)11-2-1-7-23-9-11/h3-6,8,11,14H,1-2,7,9H2,(H,19,20)(H,21,22). The summed E-state index contributed by atoms with van der Waals surface area (Å²) in [5, 5.41) is 12.0. The van der Waals surface area contributed by atoms with E-state index in [0.29, 0.717) is 29.8 Å². The van der Waals surface area contributed by atoms with Crippen molar-refractivity contribution in [2.45, 2.75) is 18.9 Å². The van der Waals surface area contributed by atoms with Gasteiger partial charge in [0.25, 0.3) is 5.91 Å². The molecule has 0 saturated carbocycles. The van der Waals surface area contributed by atoms with Crippen LogP contribution in [-0.4, -0.2) is 46.2 Å². The molecule has 2 aromatic rings. The van der Waals surface area contributed by atoms with E-state index in [1.165, 1.54) is 0 Å². The molecule has 1 aliphatic rings. The predicted molar refractivity (Wildman–Crippen MR) is 82.0 cm³/mol. The number of ether oxygens (including phenoxy) is 1. The Balaban J connectivity index is 1.78. The SMILES string of the molecule is O=C(NC(C(=O)O)C1CCCOC1)c1ccc2nccnc2c1. The summed E-state index contributed by atoms with van der Waals surface area (Å²) in [7, 11) is 0. The first-order valence-electron chi connectivity index (χ1n) is 7.47. The van der Waals surface area contributed by atoms with Crippen molar-refractivity contribution in [3.63, 3.8) is 0 Å². The molecular weight excluding hydrogens is 298 g/mol. The van der Waals surface area contributed by atoms with Crippen LogP contribution in [0.4, 0.5) is 0 Å². The van der Waals surface area contributed by atoms with Gasteiger partial charge in [0.05, 0.1) is 17.6 Å². The molecule has 1 aromatic heterocycles. The number of rotatable bonds is 4. The minimum Gasteiger partial charge on any atom is -0.480 e. The third-order valence-electron chi connectivity index (χ3n) is 3.95. The van der Waals surface area contributed by atoms with Gasteiger partial charge in [0.15, 0.2) is 0 Å². The fraction of sp³-hybridized carbons (Fsp3) is 0.375. The molecule has 0 bridgehead atoms. The molecule has 1 fully saturated rings. The van der Waals surface area contributed by atoms with E-state index in [4.69, 9.17) is 4.74 Å². The maximum absolute atomic E-state index is 12.4. The Bertz CT molecular complexity index is 728. The molecule has 7 nitrogen and oxygen atoms in total. The number of benzene rings is 1. The van der Waals surface area contributed by atoms with Crippen LogP contribution in [0.15, 0.2) is 30.6 Å². The van der Waals surface area contributed by atoms with Gasteiger partial charge in [-0.3, -0.25) is 14.8 Å².